The van der Waals surface area contributed by atoms with Crippen LogP contribution in [0.1, 0.15) is 36.8 Å². The van der Waals surface area contributed by atoms with Crippen LogP contribution in [0.5, 0.6) is 0 Å². The molecule has 0 aliphatic heterocycles. The van der Waals surface area contributed by atoms with Crippen molar-refractivity contribution in [2.24, 2.45) is 11.3 Å². The minimum absolute atomic E-state index is 0.587. The van der Waals surface area contributed by atoms with Gasteiger partial charge in [0.1, 0.15) is 0 Å². The zero-order valence-corrected chi connectivity index (χ0v) is 12.9. The van der Waals surface area contributed by atoms with Crippen LogP contribution in [0.25, 0.3) is 10.8 Å². The van der Waals surface area contributed by atoms with Crippen LogP contribution in [0.2, 0.25) is 5.02 Å². The quantitative estimate of drug-likeness (QED) is 0.546. The number of allylic oxidation sites excluding steroid dienone is 2. The van der Waals surface area contributed by atoms with Crippen molar-refractivity contribution >= 4 is 22.4 Å². The molecule has 0 heterocycles. The van der Waals surface area contributed by atoms with Gasteiger partial charge in [-0.2, -0.15) is 0 Å². The lowest BCUT2D eigenvalue weighted by Gasteiger charge is -2.40. The molecular weight excluding hydrogens is 276 g/mol. The van der Waals surface area contributed by atoms with E-state index in [9.17, 15) is 0 Å². The molecule has 5 rings (SSSR count). The Morgan fingerprint density at radius 3 is 2.86 bits per heavy atom. The molecule has 0 nitrogen and oxygen atoms in total. The number of fused-ring (bicyclic) bond motifs is 5. The van der Waals surface area contributed by atoms with Crippen LogP contribution in [0.4, 0.5) is 0 Å². The first-order valence-corrected chi connectivity index (χ1v) is 8.49. The first-order valence-electron chi connectivity index (χ1n) is 8.11. The fourth-order valence-electron chi connectivity index (χ4n) is 5.13. The lowest BCUT2D eigenvalue weighted by molar-refractivity contribution is 0.169. The van der Waals surface area contributed by atoms with Crippen molar-refractivity contribution < 1.29 is 0 Å². The summed E-state index contributed by atoms with van der Waals surface area (Å²) in [6.45, 7) is 0. The lowest BCUT2D eigenvalue weighted by atomic mass is 9.64. The molecule has 21 heavy (non-hydrogen) atoms. The highest BCUT2D eigenvalue weighted by atomic mass is 35.5. The summed E-state index contributed by atoms with van der Waals surface area (Å²) in [5, 5.41) is 3.42. The second kappa shape index (κ2) is 4.14. The number of halogens is 1. The summed E-state index contributed by atoms with van der Waals surface area (Å²) in [5.41, 5.74) is 5.46. The molecule has 0 radical (unpaired) electrons. The first kappa shape index (κ1) is 12.3. The Morgan fingerprint density at radius 1 is 1.10 bits per heavy atom. The van der Waals surface area contributed by atoms with Gasteiger partial charge in [-0.05, 0) is 78.5 Å². The van der Waals surface area contributed by atoms with Crippen LogP contribution in [-0.4, -0.2) is 0 Å². The molecule has 0 saturated heterocycles. The molecule has 2 bridgehead atoms. The van der Waals surface area contributed by atoms with Gasteiger partial charge in [-0.25, -0.2) is 0 Å². The molecule has 1 saturated carbocycles. The van der Waals surface area contributed by atoms with Gasteiger partial charge in [0.05, 0.1) is 0 Å². The maximum atomic E-state index is 6.36. The summed E-state index contributed by atoms with van der Waals surface area (Å²) in [6.07, 6.45) is 10.5. The molecule has 1 spiro atoms. The van der Waals surface area contributed by atoms with Gasteiger partial charge < -0.3 is 0 Å². The van der Waals surface area contributed by atoms with E-state index in [-0.39, 0.29) is 0 Å². The summed E-state index contributed by atoms with van der Waals surface area (Å²) < 4.78 is 0. The van der Waals surface area contributed by atoms with Crippen molar-refractivity contribution in [1.29, 1.82) is 0 Å². The van der Waals surface area contributed by atoms with E-state index < -0.39 is 0 Å². The number of hydrogen-bond acceptors (Lipinski definition) is 0. The Bertz CT molecular complexity index is 786. The summed E-state index contributed by atoms with van der Waals surface area (Å²) in [7, 11) is 0. The third kappa shape index (κ3) is 1.69. The second-order valence-electron chi connectivity index (χ2n) is 7.30. The van der Waals surface area contributed by atoms with Gasteiger partial charge in [0, 0.05) is 10.4 Å². The second-order valence-corrected chi connectivity index (χ2v) is 7.70. The van der Waals surface area contributed by atoms with E-state index in [0.29, 0.717) is 5.41 Å². The molecule has 1 heteroatoms. The van der Waals surface area contributed by atoms with E-state index >= 15 is 0 Å². The molecule has 3 aliphatic rings. The van der Waals surface area contributed by atoms with Crippen molar-refractivity contribution in [2.45, 2.75) is 38.5 Å². The van der Waals surface area contributed by atoms with Crippen molar-refractivity contribution in [2.75, 3.05) is 0 Å². The van der Waals surface area contributed by atoms with Gasteiger partial charge >= 0.3 is 0 Å². The highest BCUT2D eigenvalue weighted by Gasteiger charge is 2.48. The number of aryl methyl sites for hydroxylation is 1. The van der Waals surface area contributed by atoms with E-state index in [0.717, 1.165) is 10.9 Å². The molecule has 0 amide bonds. The maximum Gasteiger partial charge on any atom is 0.0484 e. The van der Waals surface area contributed by atoms with E-state index in [4.69, 9.17) is 11.6 Å². The fourth-order valence-corrected chi connectivity index (χ4v) is 5.36. The number of benzene rings is 2. The van der Waals surface area contributed by atoms with Crippen molar-refractivity contribution in [3.8, 4) is 0 Å². The third-order valence-corrected chi connectivity index (χ3v) is 6.56. The fraction of sp³-hybridized carbons (Fsp3) is 0.400. The lowest BCUT2D eigenvalue weighted by Crippen LogP contribution is -2.33. The van der Waals surface area contributed by atoms with Gasteiger partial charge in [0.2, 0.25) is 0 Å². The molecule has 0 N–H and O–H groups in total. The molecular formula is C20H19Cl. The predicted molar refractivity (Wildman–Crippen MR) is 88.8 cm³/mol. The van der Waals surface area contributed by atoms with Gasteiger partial charge in [-0.1, -0.05) is 41.4 Å². The Morgan fingerprint density at radius 2 is 2.05 bits per heavy atom. The topological polar surface area (TPSA) is 0 Å². The highest BCUT2D eigenvalue weighted by molar-refractivity contribution is 6.35. The van der Waals surface area contributed by atoms with Crippen LogP contribution >= 0.6 is 11.6 Å². The summed E-state index contributed by atoms with van der Waals surface area (Å²) in [4.78, 5) is 0. The average Bonchev–Trinajstić information content (AvgIpc) is 3.07. The summed E-state index contributed by atoms with van der Waals surface area (Å²) >= 11 is 6.36. The first-order chi connectivity index (χ1) is 10.2. The smallest absolute Gasteiger partial charge is 0.0484 e. The Kier molecular flexibility index (Phi) is 2.42. The molecule has 3 aliphatic carbocycles. The SMILES string of the molecule is Clc1cccc2cc3c(cc12)CCC1(CC2=CCC1C2)C3. The van der Waals surface area contributed by atoms with Gasteiger partial charge in [-0.15, -0.1) is 0 Å². The largest absolute Gasteiger partial charge is 0.0850 e. The zero-order chi connectivity index (χ0) is 14.0. The van der Waals surface area contributed by atoms with Crippen molar-refractivity contribution in [3.05, 3.63) is 58.1 Å². The van der Waals surface area contributed by atoms with Gasteiger partial charge in [-0.3, -0.25) is 0 Å². The predicted octanol–water partition coefficient (Wildman–Crippen LogP) is 5.71. The van der Waals surface area contributed by atoms with Crippen molar-refractivity contribution in [3.63, 3.8) is 0 Å². The Balaban J connectivity index is 1.62. The molecule has 0 aromatic heterocycles. The molecule has 106 valence electrons. The normalized spacial score (nSPS) is 30.0. The van der Waals surface area contributed by atoms with Crippen LogP contribution in [0, 0.1) is 11.3 Å². The third-order valence-electron chi connectivity index (χ3n) is 6.23. The van der Waals surface area contributed by atoms with Crippen LogP contribution in [-0.2, 0) is 12.8 Å². The minimum Gasteiger partial charge on any atom is -0.0850 e. The van der Waals surface area contributed by atoms with Gasteiger partial charge in [0.15, 0.2) is 0 Å². The molecule has 2 unspecified atom stereocenters. The van der Waals surface area contributed by atoms with Gasteiger partial charge in [0.25, 0.3) is 0 Å². The van der Waals surface area contributed by atoms with E-state index in [2.05, 4.69) is 30.3 Å². The summed E-state index contributed by atoms with van der Waals surface area (Å²) in [5.74, 6) is 0.927. The monoisotopic (exact) mass is 294 g/mol. The number of rotatable bonds is 0. The molecule has 2 aromatic rings. The van der Waals surface area contributed by atoms with E-state index in [1.54, 1.807) is 11.1 Å². The highest BCUT2D eigenvalue weighted by Crippen LogP contribution is 2.58. The number of hydrogen-bond donors (Lipinski definition) is 0. The van der Waals surface area contributed by atoms with Crippen molar-refractivity contribution in [1.82, 2.24) is 0 Å². The minimum atomic E-state index is 0.587. The van der Waals surface area contributed by atoms with E-state index in [1.165, 1.54) is 54.9 Å². The van der Waals surface area contributed by atoms with Crippen LogP contribution in [0.3, 0.4) is 0 Å². The summed E-state index contributed by atoms with van der Waals surface area (Å²) in [6, 6.07) is 11.0. The molecule has 2 atom stereocenters. The van der Waals surface area contributed by atoms with Crippen LogP contribution < -0.4 is 0 Å². The Hall–Kier alpha value is -1.27. The standard InChI is InChI=1S/C20H19Cl/c21-19-3-1-2-15-9-16-12-20(7-6-14(16)10-18(15)19)11-13-4-5-17(20)8-13/h1-4,9-10,17H,5-8,11-12H2. The molecule has 2 aromatic carbocycles. The zero-order valence-electron chi connectivity index (χ0n) is 12.2. The molecule has 1 fully saturated rings. The average molecular weight is 295 g/mol. The Labute approximate surface area is 130 Å². The van der Waals surface area contributed by atoms with E-state index in [1.807, 2.05) is 6.07 Å². The van der Waals surface area contributed by atoms with Crippen LogP contribution in [0.15, 0.2) is 42.0 Å². The maximum absolute atomic E-state index is 6.36.